The molecule has 2 N–H and O–H groups in total. The van der Waals surface area contributed by atoms with E-state index < -0.39 is 6.04 Å². The van der Waals surface area contributed by atoms with Gasteiger partial charge < -0.3 is 20.4 Å². The molecule has 0 radical (unpaired) electrons. The Hall–Kier alpha value is -2.57. The highest BCUT2D eigenvalue weighted by Gasteiger charge is 2.26. The second-order valence-electron chi connectivity index (χ2n) is 8.39. The van der Waals surface area contributed by atoms with E-state index in [4.69, 9.17) is 11.6 Å². The molecule has 1 heterocycles. The van der Waals surface area contributed by atoms with Gasteiger partial charge in [-0.2, -0.15) is 0 Å². The number of anilines is 2. The van der Waals surface area contributed by atoms with E-state index >= 15 is 0 Å². The van der Waals surface area contributed by atoms with Crippen LogP contribution in [0.3, 0.4) is 0 Å². The molecule has 0 saturated carbocycles. The van der Waals surface area contributed by atoms with Crippen molar-refractivity contribution in [3.63, 3.8) is 0 Å². The average molecular weight is 443 g/mol. The lowest BCUT2D eigenvalue weighted by Gasteiger charge is -2.35. The Balaban J connectivity index is 1.71. The van der Waals surface area contributed by atoms with Crippen LogP contribution in [0.5, 0.6) is 0 Å². The van der Waals surface area contributed by atoms with Crippen molar-refractivity contribution in [1.29, 1.82) is 0 Å². The summed E-state index contributed by atoms with van der Waals surface area (Å²) in [4.78, 5) is 30.2. The van der Waals surface area contributed by atoms with Crippen LogP contribution >= 0.6 is 11.6 Å². The van der Waals surface area contributed by atoms with Gasteiger partial charge in [-0.05, 0) is 36.7 Å². The molecule has 0 bridgehead atoms. The number of halogens is 1. The summed E-state index contributed by atoms with van der Waals surface area (Å²) in [6.07, 6.45) is 0.237. The first-order valence-corrected chi connectivity index (χ1v) is 11.1. The highest BCUT2D eigenvalue weighted by atomic mass is 35.5. The topological polar surface area (TPSA) is 64.7 Å². The first-order chi connectivity index (χ1) is 14.8. The molecule has 0 aliphatic carbocycles. The number of rotatable bonds is 7. The lowest BCUT2D eigenvalue weighted by atomic mass is 10.0. The van der Waals surface area contributed by atoms with Crippen molar-refractivity contribution in [3.8, 4) is 0 Å². The van der Waals surface area contributed by atoms with Crippen LogP contribution in [-0.2, 0) is 16.0 Å². The molecule has 0 spiro atoms. The summed E-state index contributed by atoms with van der Waals surface area (Å²) in [7, 11) is 2.10. The van der Waals surface area contributed by atoms with Gasteiger partial charge in [0.05, 0.1) is 17.8 Å². The van der Waals surface area contributed by atoms with E-state index in [2.05, 4.69) is 27.5 Å². The molecule has 0 aromatic heterocycles. The van der Waals surface area contributed by atoms with Crippen molar-refractivity contribution in [3.05, 3.63) is 59.1 Å². The van der Waals surface area contributed by atoms with E-state index in [0.717, 1.165) is 37.4 Å². The first kappa shape index (κ1) is 23.1. The minimum Gasteiger partial charge on any atom is -0.367 e. The molecule has 2 aromatic rings. The maximum absolute atomic E-state index is 13.1. The van der Waals surface area contributed by atoms with Gasteiger partial charge in [0.2, 0.25) is 11.8 Å². The molecule has 1 aliphatic heterocycles. The lowest BCUT2D eigenvalue weighted by Crippen LogP contribution is -2.48. The molecule has 166 valence electrons. The Bertz CT molecular complexity index is 896. The summed E-state index contributed by atoms with van der Waals surface area (Å²) in [5.74, 6) is -0.481. The zero-order valence-electron chi connectivity index (χ0n) is 18.4. The third kappa shape index (κ3) is 6.45. The number of hydrogen-bond acceptors (Lipinski definition) is 4. The Morgan fingerprint density at radius 3 is 2.35 bits per heavy atom. The Morgan fingerprint density at radius 1 is 1.03 bits per heavy atom. The standard InChI is InChI=1S/C24H31ClN4O2/c1-17(2)23(27-22(30)15-18-7-5-4-6-8-18)24(31)26-20-16-19(25)9-10-21(20)29-13-11-28(3)12-14-29/h4-10,16-17,23H,11-15H2,1-3H3,(H,26,31)(H,27,30)/t23-/m1/s1. The fourth-order valence-electron chi connectivity index (χ4n) is 3.68. The number of carbonyl (C=O) groups excluding carboxylic acids is 2. The quantitative estimate of drug-likeness (QED) is 0.689. The maximum atomic E-state index is 13.1. The van der Waals surface area contributed by atoms with E-state index in [1.54, 1.807) is 6.07 Å². The molecule has 6 nitrogen and oxygen atoms in total. The minimum atomic E-state index is -0.643. The lowest BCUT2D eigenvalue weighted by molar-refractivity contribution is -0.127. The van der Waals surface area contributed by atoms with E-state index in [1.807, 2.05) is 56.3 Å². The third-order valence-electron chi connectivity index (χ3n) is 5.53. The number of hydrogen-bond donors (Lipinski definition) is 2. The zero-order chi connectivity index (χ0) is 22.4. The molecule has 0 unspecified atom stereocenters. The van der Waals surface area contributed by atoms with Crippen molar-refractivity contribution in [2.75, 3.05) is 43.4 Å². The van der Waals surface area contributed by atoms with E-state index in [0.29, 0.717) is 10.7 Å². The van der Waals surface area contributed by atoms with Crippen molar-refractivity contribution >= 4 is 34.8 Å². The predicted octanol–water partition coefficient (Wildman–Crippen LogP) is 3.41. The molecule has 2 aromatic carbocycles. The van der Waals surface area contributed by atoms with Gasteiger partial charge in [-0.3, -0.25) is 9.59 Å². The second kappa shape index (κ2) is 10.6. The van der Waals surface area contributed by atoms with E-state index in [9.17, 15) is 9.59 Å². The molecular formula is C24H31ClN4O2. The second-order valence-corrected chi connectivity index (χ2v) is 8.83. The van der Waals surface area contributed by atoms with Gasteiger partial charge in [0, 0.05) is 31.2 Å². The summed E-state index contributed by atoms with van der Waals surface area (Å²) in [5.41, 5.74) is 2.53. The molecule has 3 rings (SSSR count). The number of benzene rings is 2. The van der Waals surface area contributed by atoms with Crippen molar-refractivity contribution < 1.29 is 9.59 Å². The molecular weight excluding hydrogens is 412 g/mol. The Labute approximate surface area is 189 Å². The van der Waals surface area contributed by atoms with Gasteiger partial charge in [-0.15, -0.1) is 0 Å². The van der Waals surface area contributed by atoms with Gasteiger partial charge >= 0.3 is 0 Å². The summed E-state index contributed by atoms with van der Waals surface area (Å²) in [5, 5.41) is 6.48. The third-order valence-corrected chi connectivity index (χ3v) is 5.77. The number of nitrogens with zero attached hydrogens (tertiary/aromatic N) is 2. The fourth-order valence-corrected chi connectivity index (χ4v) is 3.85. The number of piperazine rings is 1. The number of nitrogens with one attached hydrogen (secondary N) is 2. The van der Waals surface area contributed by atoms with Crippen LogP contribution in [-0.4, -0.2) is 56.0 Å². The van der Waals surface area contributed by atoms with Crippen molar-refractivity contribution in [2.45, 2.75) is 26.3 Å². The highest BCUT2D eigenvalue weighted by Crippen LogP contribution is 2.30. The highest BCUT2D eigenvalue weighted by molar-refractivity contribution is 6.31. The van der Waals surface area contributed by atoms with Crippen molar-refractivity contribution in [2.24, 2.45) is 5.92 Å². The SMILES string of the molecule is CC(C)[C@@H](NC(=O)Cc1ccccc1)C(=O)Nc1cc(Cl)ccc1N1CCN(C)CC1. The van der Waals surface area contributed by atoms with Gasteiger partial charge in [0.25, 0.3) is 0 Å². The molecule has 7 heteroatoms. The summed E-state index contributed by atoms with van der Waals surface area (Å²) >= 11 is 6.23. The van der Waals surface area contributed by atoms with Crippen LogP contribution in [0.15, 0.2) is 48.5 Å². The molecule has 2 amide bonds. The van der Waals surface area contributed by atoms with Crippen LogP contribution in [0.4, 0.5) is 11.4 Å². The average Bonchev–Trinajstić information content (AvgIpc) is 2.73. The predicted molar refractivity (Wildman–Crippen MR) is 127 cm³/mol. The van der Waals surface area contributed by atoms with Crippen molar-refractivity contribution in [1.82, 2.24) is 10.2 Å². The van der Waals surface area contributed by atoms with Gasteiger partial charge in [-0.25, -0.2) is 0 Å². The van der Waals surface area contributed by atoms with Gasteiger partial charge in [-0.1, -0.05) is 55.8 Å². The van der Waals surface area contributed by atoms with Crippen LogP contribution in [0.25, 0.3) is 0 Å². The largest absolute Gasteiger partial charge is 0.367 e. The molecule has 1 saturated heterocycles. The Morgan fingerprint density at radius 2 is 1.71 bits per heavy atom. The molecule has 1 atom stereocenters. The van der Waals surface area contributed by atoms with Gasteiger partial charge in [0.1, 0.15) is 6.04 Å². The number of likely N-dealkylation sites (N-methyl/N-ethyl adjacent to an activating group) is 1. The normalized spacial score (nSPS) is 15.6. The van der Waals surface area contributed by atoms with Crippen LogP contribution in [0.1, 0.15) is 19.4 Å². The minimum absolute atomic E-state index is 0.0639. The first-order valence-electron chi connectivity index (χ1n) is 10.7. The summed E-state index contributed by atoms with van der Waals surface area (Å²) < 4.78 is 0. The van der Waals surface area contributed by atoms with E-state index in [1.165, 1.54) is 0 Å². The fraction of sp³-hybridized carbons (Fsp3) is 0.417. The summed E-state index contributed by atoms with van der Waals surface area (Å²) in [6, 6.07) is 14.4. The van der Waals surface area contributed by atoms with Crippen LogP contribution < -0.4 is 15.5 Å². The summed E-state index contributed by atoms with van der Waals surface area (Å²) in [6.45, 7) is 7.52. The molecule has 1 fully saturated rings. The Kier molecular flexibility index (Phi) is 7.93. The molecule has 1 aliphatic rings. The monoisotopic (exact) mass is 442 g/mol. The van der Waals surface area contributed by atoms with Crippen LogP contribution in [0.2, 0.25) is 5.02 Å². The number of amides is 2. The smallest absolute Gasteiger partial charge is 0.247 e. The van der Waals surface area contributed by atoms with Crippen LogP contribution in [0, 0.1) is 5.92 Å². The number of carbonyl (C=O) groups is 2. The van der Waals surface area contributed by atoms with Gasteiger partial charge in [0.15, 0.2) is 0 Å². The maximum Gasteiger partial charge on any atom is 0.247 e. The molecule has 31 heavy (non-hydrogen) atoms. The van der Waals surface area contributed by atoms with E-state index in [-0.39, 0.29) is 24.2 Å². The zero-order valence-corrected chi connectivity index (χ0v) is 19.2.